The summed E-state index contributed by atoms with van der Waals surface area (Å²) in [4.78, 5) is 7.43. The molecule has 0 saturated carbocycles. The molecular formula is C7H9FN2OS. The highest BCUT2D eigenvalue weighted by atomic mass is 32.2. The van der Waals surface area contributed by atoms with Gasteiger partial charge in [0.25, 0.3) is 0 Å². The summed E-state index contributed by atoms with van der Waals surface area (Å²) in [7, 11) is 0. The summed E-state index contributed by atoms with van der Waals surface area (Å²) < 4.78 is 13.1. The molecule has 0 saturated heterocycles. The van der Waals surface area contributed by atoms with Gasteiger partial charge in [-0.15, -0.1) is 11.8 Å². The molecule has 1 rings (SSSR count). The van der Waals surface area contributed by atoms with E-state index in [1.54, 1.807) is 6.92 Å². The molecule has 1 aromatic heterocycles. The van der Waals surface area contributed by atoms with Crippen molar-refractivity contribution in [3.8, 4) is 0 Å². The van der Waals surface area contributed by atoms with Crippen molar-refractivity contribution in [3.05, 3.63) is 17.8 Å². The lowest BCUT2D eigenvalue weighted by molar-refractivity contribution is 0.322. The summed E-state index contributed by atoms with van der Waals surface area (Å²) in [5, 5.41) is 8.80. The van der Waals surface area contributed by atoms with Gasteiger partial charge in [-0.05, 0) is 6.92 Å². The summed E-state index contributed by atoms with van der Waals surface area (Å²) in [5.41, 5.74) is 0.338. The van der Waals surface area contributed by atoms with Crippen LogP contribution in [0.4, 0.5) is 4.39 Å². The molecular weight excluding hydrogens is 179 g/mol. The number of thioether (sulfide) groups is 1. The number of rotatable bonds is 3. The fourth-order valence-corrected chi connectivity index (χ4v) is 1.36. The van der Waals surface area contributed by atoms with Crippen LogP contribution in [0.5, 0.6) is 0 Å². The highest BCUT2D eigenvalue weighted by Crippen LogP contribution is 2.18. The van der Waals surface area contributed by atoms with Crippen molar-refractivity contribution in [2.45, 2.75) is 11.9 Å². The van der Waals surface area contributed by atoms with E-state index in [1.807, 2.05) is 0 Å². The van der Waals surface area contributed by atoms with Crippen LogP contribution in [-0.4, -0.2) is 27.4 Å². The molecule has 0 atom stereocenters. The third-order valence-electron chi connectivity index (χ3n) is 1.26. The molecule has 0 amide bonds. The molecule has 1 heterocycles. The van der Waals surface area contributed by atoms with E-state index in [1.165, 1.54) is 18.1 Å². The number of hydrogen-bond donors (Lipinski definition) is 1. The lowest BCUT2D eigenvalue weighted by atomic mass is 10.4. The summed E-state index contributed by atoms with van der Waals surface area (Å²) in [6.07, 6.45) is 1.32. The Morgan fingerprint density at radius 1 is 1.58 bits per heavy atom. The predicted octanol–water partition coefficient (Wildman–Crippen LogP) is 1.01. The van der Waals surface area contributed by atoms with Crippen LogP contribution in [0.3, 0.4) is 0 Å². The molecule has 0 radical (unpaired) electrons. The molecule has 0 aromatic carbocycles. The second-order valence-electron chi connectivity index (χ2n) is 2.15. The summed E-state index contributed by atoms with van der Waals surface area (Å²) >= 11 is 1.19. The van der Waals surface area contributed by atoms with Gasteiger partial charge in [0.1, 0.15) is 11.4 Å². The number of aliphatic hydroxyl groups excluding tert-OH is 1. The maximum absolute atomic E-state index is 13.1. The van der Waals surface area contributed by atoms with Crippen LogP contribution in [-0.2, 0) is 0 Å². The first-order valence-corrected chi connectivity index (χ1v) is 4.45. The first kappa shape index (κ1) is 9.41. The Hall–Kier alpha value is -0.680. The molecule has 0 fully saturated rings. The zero-order valence-corrected chi connectivity index (χ0v) is 7.44. The third kappa shape index (κ3) is 2.15. The van der Waals surface area contributed by atoms with Gasteiger partial charge in [0.15, 0.2) is 5.82 Å². The molecule has 0 bridgehead atoms. The number of nitrogens with zero attached hydrogens (tertiary/aromatic N) is 2. The van der Waals surface area contributed by atoms with Crippen LogP contribution >= 0.6 is 11.8 Å². The van der Waals surface area contributed by atoms with E-state index in [-0.39, 0.29) is 6.61 Å². The van der Waals surface area contributed by atoms with E-state index in [9.17, 15) is 4.39 Å². The largest absolute Gasteiger partial charge is 0.396 e. The van der Waals surface area contributed by atoms with E-state index in [4.69, 9.17) is 5.11 Å². The zero-order valence-electron chi connectivity index (χ0n) is 6.62. The molecule has 0 aliphatic heterocycles. The second kappa shape index (κ2) is 4.37. The highest BCUT2D eigenvalue weighted by molar-refractivity contribution is 7.99. The Labute approximate surface area is 74.0 Å². The third-order valence-corrected chi connectivity index (χ3v) is 2.21. The van der Waals surface area contributed by atoms with Crippen LogP contribution in [0.1, 0.15) is 5.69 Å². The fourth-order valence-electron chi connectivity index (χ4n) is 0.679. The van der Waals surface area contributed by atoms with Crippen molar-refractivity contribution < 1.29 is 9.50 Å². The van der Waals surface area contributed by atoms with E-state index in [0.717, 1.165) is 0 Å². The van der Waals surface area contributed by atoms with Crippen LogP contribution in [0.25, 0.3) is 0 Å². The monoisotopic (exact) mass is 188 g/mol. The van der Waals surface area contributed by atoms with Gasteiger partial charge in [-0.3, -0.25) is 0 Å². The van der Waals surface area contributed by atoms with Crippen molar-refractivity contribution >= 4 is 11.8 Å². The summed E-state index contributed by atoms with van der Waals surface area (Å²) in [6.45, 7) is 1.60. The lowest BCUT2D eigenvalue weighted by Gasteiger charge is -2.00. The average molecular weight is 188 g/mol. The van der Waals surface area contributed by atoms with Gasteiger partial charge >= 0.3 is 0 Å². The maximum Gasteiger partial charge on any atom is 0.176 e. The smallest absolute Gasteiger partial charge is 0.176 e. The fraction of sp³-hybridized carbons (Fsp3) is 0.429. The van der Waals surface area contributed by atoms with Gasteiger partial charge in [0, 0.05) is 5.75 Å². The minimum absolute atomic E-state index is 0.0210. The molecule has 3 nitrogen and oxygen atoms in total. The molecule has 0 unspecified atom stereocenters. The topological polar surface area (TPSA) is 46.0 Å². The average Bonchev–Trinajstić information content (AvgIpc) is 2.08. The van der Waals surface area contributed by atoms with Gasteiger partial charge in [0.2, 0.25) is 0 Å². The molecule has 0 spiro atoms. The normalized spacial score (nSPS) is 10.2. The molecule has 12 heavy (non-hydrogen) atoms. The molecule has 0 aliphatic rings. The SMILES string of the molecule is Cc1ncnc(SCCO)c1F. The van der Waals surface area contributed by atoms with Gasteiger partial charge in [-0.1, -0.05) is 0 Å². The first-order valence-electron chi connectivity index (χ1n) is 3.46. The Balaban J connectivity index is 2.78. The summed E-state index contributed by atoms with van der Waals surface area (Å²) in [6, 6.07) is 0. The van der Waals surface area contributed by atoms with Crippen molar-refractivity contribution in [1.29, 1.82) is 0 Å². The van der Waals surface area contributed by atoms with E-state index >= 15 is 0 Å². The van der Waals surface area contributed by atoms with Crippen LogP contribution in [0, 0.1) is 12.7 Å². The maximum atomic E-state index is 13.1. The number of halogens is 1. The van der Waals surface area contributed by atoms with Gasteiger partial charge < -0.3 is 5.11 Å². The lowest BCUT2D eigenvalue weighted by Crippen LogP contribution is -1.96. The zero-order chi connectivity index (χ0) is 8.97. The minimum Gasteiger partial charge on any atom is -0.396 e. The molecule has 1 N–H and O–H groups in total. The first-order chi connectivity index (χ1) is 5.75. The standard InChI is InChI=1S/C7H9FN2OS/c1-5-6(8)7(10-4-9-5)12-3-2-11/h4,11H,2-3H2,1H3. The van der Waals surface area contributed by atoms with Crippen LogP contribution in [0.2, 0.25) is 0 Å². The van der Waals surface area contributed by atoms with Gasteiger partial charge in [0.05, 0.1) is 12.3 Å². The Kier molecular flexibility index (Phi) is 3.43. The number of aromatic nitrogens is 2. The van der Waals surface area contributed by atoms with Gasteiger partial charge in [-0.25, -0.2) is 14.4 Å². The van der Waals surface area contributed by atoms with E-state index in [2.05, 4.69) is 9.97 Å². The molecule has 1 aromatic rings. The van der Waals surface area contributed by atoms with Gasteiger partial charge in [-0.2, -0.15) is 0 Å². The quantitative estimate of drug-likeness (QED) is 0.568. The number of aryl methyl sites for hydroxylation is 1. The van der Waals surface area contributed by atoms with Crippen molar-refractivity contribution in [2.75, 3.05) is 12.4 Å². The van der Waals surface area contributed by atoms with Crippen LogP contribution in [0.15, 0.2) is 11.4 Å². The molecule has 5 heteroatoms. The van der Waals surface area contributed by atoms with Crippen molar-refractivity contribution in [1.82, 2.24) is 9.97 Å². The predicted molar refractivity (Wildman–Crippen MR) is 44.5 cm³/mol. The van der Waals surface area contributed by atoms with Crippen molar-refractivity contribution in [2.24, 2.45) is 0 Å². The Morgan fingerprint density at radius 2 is 2.33 bits per heavy atom. The number of hydrogen-bond acceptors (Lipinski definition) is 4. The van der Waals surface area contributed by atoms with Crippen molar-refractivity contribution in [3.63, 3.8) is 0 Å². The Morgan fingerprint density at radius 3 is 3.00 bits per heavy atom. The molecule has 0 aliphatic carbocycles. The Bertz CT molecular complexity index is 270. The van der Waals surface area contributed by atoms with E-state index in [0.29, 0.717) is 16.5 Å². The number of aliphatic hydroxyl groups is 1. The highest BCUT2D eigenvalue weighted by Gasteiger charge is 2.06. The molecule has 66 valence electrons. The summed E-state index contributed by atoms with van der Waals surface area (Å²) in [5.74, 6) is 0.0591. The van der Waals surface area contributed by atoms with E-state index < -0.39 is 5.82 Å². The minimum atomic E-state index is -0.393. The second-order valence-corrected chi connectivity index (χ2v) is 3.23. The van der Waals surface area contributed by atoms with Crippen LogP contribution < -0.4 is 0 Å².